The van der Waals surface area contributed by atoms with Crippen molar-refractivity contribution in [2.24, 2.45) is 0 Å². The summed E-state index contributed by atoms with van der Waals surface area (Å²) in [4.78, 5) is 23.9. The normalized spacial score (nSPS) is 11.0. The maximum atomic E-state index is 12.4. The molecule has 0 aliphatic carbocycles. The zero-order chi connectivity index (χ0) is 22.5. The Morgan fingerprint density at radius 3 is 2.50 bits per heavy atom. The second-order valence-electron chi connectivity index (χ2n) is 6.63. The first-order chi connectivity index (χ1) is 15.5. The highest BCUT2D eigenvalue weighted by atomic mass is 19.3. The fourth-order valence-electron chi connectivity index (χ4n) is 3.08. The summed E-state index contributed by atoms with van der Waals surface area (Å²) in [6.07, 6.45) is 0. The van der Waals surface area contributed by atoms with Crippen molar-refractivity contribution in [3.05, 3.63) is 66.7 Å². The number of hydrogen-bond donors (Lipinski definition) is 1. The molecule has 1 amide bonds. The molecule has 0 spiro atoms. The first-order valence-corrected chi connectivity index (χ1v) is 9.53. The van der Waals surface area contributed by atoms with Crippen LogP contribution in [0.1, 0.15) is 0 Å². The van der Waals surface area contributed by atoms with E-state index in [9.17, 15) is 18.4 Å². The second-order valence-corrected chi connectivity index (χ2v) is 6.63. The maximum absolute atomic E-state index is 12.4. The minimum Gasteiger partial charge on any atom is -0.482 e. The van der Waals surface area contributed by atoms with Gasteiger partial charge in [0.2, 0.25) is 0 Å². The molecule has 32 heavy (non-hydrogen) atoms. The Labute approximate surface area is 180 Å². The molecule has 164 valence electrons. The number of benzene rings is 3. The Morgan fingerprint density at radius 2 is 1.66 bits per heavy atom. The molecule has 0 fully saturated rings. The van der Waals surface area contributed by atoms with Gasteiger partial charge < -0.3 is 23.9 Å². The van der Waals surface area contributed by atoms with Crippen molar-refractivity contribution in [3.63, 3.8) is 0 Å². The van der Waals surface area contributed by atoms with Gasteiger partial charge in [-0.1, -0.05) is 30.3 Å². The van der Waals surface area contributed by atoms with Gasteiger partial charge in [0.25, 0.3) is 5.91 Å². The summed E-state index contributed by atoms with van der Waals surface area (Å²) in [6, 6.07) is 18.4. The van der Waals surface area contributed by atoms with E-state index in [-0.39, 0.29) is 11.4 Å². The SMILES string of the molecule is O=C(COC(=O)COc1ccc2oc3ccccc3c2c1)Nc1ccccc1OC(F)F. The van der Waals surface area contributed by atoms with E-state index < -0.39 is 31.7 Å². The second kappa shape index (κ2) is 9.34. The van der Waals surface area contributed by atoms with Crippen molar-refractivity contribution in [3.8, 4) is 11.5 Å². The van der Waals surface area contributed by atoms with Crippen LogP contribution in [0.2, 0.25) is 0 Å². The van der Waals surface area contributed by atoms with Gasteiger partial charge in [0.05, 0.1) is 5.69 Å². The molecule has 7 nitrogen and oxygen atoms in total. The first kappa shape index (κ1) is 21.1. The van der Waals surface area contributed by atoms with Crippen LogP contribution in [0.3, 0.4) is 0 Å². The molecule has 0 unspecified atom stereocenters. The standard InChI is InChI=1S/C23H17F2NO6/c24-23(25)32-20-8-4-2-6-17(20)26-21(27)12-30-22(28)13-29-14-9-10-19-16(11-14)15-5-1-3-7-18(15)31-19/h1-11,23H,12-13H2,(H,26,27). The van der Waals surface area contributed by atoms with Crippen LogP contribution in [0.15, 0.2) is 71.1 Å². The van der Waals surface area contributed by atoms with Crippen molar-refractivity contribution < 1.29 is 37.0 Å². The lowest BCUT2D eigenvalue weighted by Gasteiger charge is -2.12. The molecular weight excluding hydrogens is 424 g/mol. The smallest absolute Gasteiger partial charge is 0.387 e. The van der Waals surface area contributed by atoms with E-state index in [1.807, 2.05) is 24.3 Å². The Hall–Kier alpha value is -4.14. The molecule has 0 saturated carbocycles. The van der Waals surface area contributed by atoms with E-state index in [1.165, 1.54) is 24.3 Å². The van der Waals surface area contributed by atoms with Crippen LogP contribution < -0.4 is 14.8 Å². The molecule has 9 heteroatoms. The van der Waals surface area contributed by atoms with Crippen LogP contribution >= 0.6 is 0 Å². The first-order valence-electron chi connectivity index (χ1n) is 9.53. The molecule has 4 aromatic rings. The molecule has 1 N–H and O–H groups in total. The molecular formula is C23H17F2NO6. The lowest BCUT2D eigenvalue weighted by Crippen LogP contribution is -2.24. The Bertz CT molecular complexity index is 1270. The van der Waals surface area contributed by atoms with Crippen molar-refractivity contribution >= 4 is 39.5 Å². The average molecular weight is 441 g/mol. The highest BCUT2D eigenvalue weighted by Crippen LogP contribution is 2.31. The third-order valence-electron chi connectivity index (χ3n) is 4.45. The number of carbonyl (C=O) groups excluding carboxylic acids is 2. The highest BCUT2D eigenvalue weighted by Gasteiger charge is 2.14. The molecule has 0 bridgehead atoms. The number of ether oxygens (including phenoxy) is 3. The van der Waals surface area contributed by atoms with Gasteiger partial charge in [-0.25, -0.2) is 4.79 Å². The predicted molar refractivity (Wildman–Crippen MR) is 112 cm³/mol. The van der Waals surface area contributed by atoms with Crippen LogP contribution in [-0.2, 0) is 14.3 Å². The van der Waals surface area contributed by atoms with Crippen LogP contribution in [0.25, 0.3) is 21.9 Å². The van der Waals surface area contributed by atoms with Crippen molar-refractivity contribution in [1.82, 2.24) is 0 Å². The number of carbonyl (C=O) groups is 2. The summed E-state index contributed by atoms with van der Waals surface area (Å²) in [7, 11) is 0. The van der Waals surface area contributed by atoms with Gasteiger partial charge in [-0.3, -0.25) is 4.79 Å². The molecule has 0 aliphatic heterocycles. The van der Waals surface area contributed by atoms with Gasteiger partial charge in [0, 0.05) is 10.8 Å². The Kier molecular flexibility index (Phi) is 6.16. The van der Waals surface area contributed by atoms with E-state index in [4.69, 9.17) is 13.9 Å². The number of hydrogen-bond acceptors (Lipinski definition) is 6. The Morgan fingerprint density at radius 1 is 0.906 bits per heavy atom. The van der Waals surface area contributed by atoms with E-state index in [2.05, 4.69) is 10.1 Å². The van der Waals surface area contributed by atoms with E-state index >= 15 is 0 Å². The Balaban J connectivity index is 1.30. The van der Waals surface area contributed by atoms with E-state index in [1.54, 1.807) is 18.2 Å². The summed E-state index contributed by atoms with van der Waals surface area (Å²) in [6.45, 7) is -4.07. The number of anilines is 1. The number of amides is 1. The third kappa shape index (κ3) is 4.94. The van der Waals surface area contributed by atoms with Crippen molar-refractivity contribution in [2.45, 2.75) is 6.61 Å². The minimum atomic E-state index is -3.04. The molecule has 3 aromatic carbocycles. The number of para-hydroxylation sites is 3. The topological polar surface area (TPSA) is 87.0 Å². The summed E-state index contributed by atoms with van der Waals surface area (Å²) < 4.78 is 45.3. The molecule has 1 aromatic heterocycles. The van der Waals surface area contributed by atoms with Crippen LogP contribution in [0, 0.1) is 0 Å². The van der Waals surface area contributed by atoms with Crippen molar-refractivity contribution in [1.29, 1.82) is 0 Å². The lowest BCUT2D eigenvalue weighted by atomic mass is 10.1. The average Bonchev–Trinajstić information content (AvgIpc) is 3.15. The largest absolute Gasteiger partial charge is 0.482 e. The molecule has 0 atom stereocenters. The fraction of sp³-hybridized carbons (Fsp3) is 0.130. The number of rotatable bonds is 8. The number of esters is 1. The number of furan rings is 1. The molecule has 4 rings (SSSR count). The minimum absolute atomic E-state index is 0.0331. The highest BCUT2D eigenvalue weighted by molar-refractivity contribution is 6.05. The van der Waals surface area contributed by atoms with Gasteiger partial charge in [0.1, 0.15) is 22.7 Å². The van der Waals surface area contributed by atoms with Crippen LogP contribution in [-0.4, -0.2) is 31.7 Å². The maximum Gasteiger partial charge on any atom is 0.387 e. The zero-order valence-corrected chi connectivity index (χ0v) is 16.5. The zero-order valence-electron chi connectivity index (χ0n) is 16.5. The van der Waals surface area contributed by atoms with Gasteiger partial charge in [-0.2, -0.15) is 8.78 Å². The summed E-state index contributed by atoms with van der Waals surface area (Å²) >= 11 is 0. The van der Waals surface area contributed by atoms with Gasteiger partial charge in [-0.05, 0) is 36.4 Å². The summed E-state index contributed by atoms with van der Waals surface area (Å²) in [5.74, 6) is -1.25. The monoisotopic (exact) mass is 441 g/mol. The van der Waals surface area contributed by atoms with Gasteiger partial charge >= 0.3 is 12.6 Å². The number of fused-ring (bicyclic) bond motifs is 3. The predicted octanol–water partition coefficient (Wildman–Crippen LogP) is 4.75. The number of halogens is 2. The lowest BCUT2D eigenvalue weighted by molar-refractivity contribution is -0.149. The van der Waals surface area contributed by atoms with Gasteiger partial charge in [0.15, 0.2) is 13.2 Å². The van der Waals surface area contributed by atoms with Crippen LogP contribution in [0.4, 0.5) is 14.5 Å². The summed E-state index contributed by atoms with van der Waals surface area (Å²) in [5, 5.41) is 4.12. The molecule has 0 radical (unpaired) electrons. The van der Waals surface area contributed by atoms with Gasteiger partial charge in [-0.15, -0.1) is 0 Å². The fourth-order valence-corrected chi connectivity index (χ4v) is 3.08. The van der Waals surface area contributed by atoms with Crippen LogP contribution in [0.5, 0.6) is 11.5 Å². The van der Waals surface area contributed by atoms with E-state index in [0.717, 1.165) is 16.4 Å². The molecule has 0 aliphatic rings. The summed E-state index contributed by atoms with van der Waals surface area (Å²) in [5.41, 5.74) is 1.46. The number of alkyl halides is 2. The van der Waals surface area contributed by atoms with E-state index in [0.29, 0.717) is 11.3 Å². The third-order valence-corrected chi connectivity index (χ3v) is 4.45. The molecule has 1 heterocycles. The van der Waals surface area contributed by atoms with Crippen molar-refractivity contribution in [2.75, 3.05) is 18.5 Å². The quantitative estimate of drug-likeness (QED) is 0.397. The molecule has 0 saturated heterocycles. The number of nitrogens with one attached hydrogen (secondary N) is 1.